The highest BCUT2D eigenvalue weighted by molar-refractivity contribution is 6.33. The molecule has 1 amide bonds. The number of hydrogen-bond donors (Lipinski definition) is 1. The molecule has 5 nitrogen and oxygen atoms in total. The zero-order chi connectivity index (χ0) is 15.9. The maximum atomic E-state index is 12.2. The summed E-state index contributed by atoms with van der Waals surface area (Å²) in [5.41, 5.74) is 0.434. The molecule has 0 bridgehead atoms. The molecule has 0 unspecified atom stereocenters. The molecule has 122 valence electrons. The topological polar surface area (TPSA) is 60.5 Å². The third-order valence-electron chi connectivity index (χ3n) is 3.68. The van der Waals surface area contributed by atoms with E-state index in [1.54, 1.807) is 7.11 Å². The standard InChI is InChI=1S/C15H20Cl2N2O3/c1-21-6-7-22-12-4-2-11(3-5-12)18-15(20)10-8-13(16)19-14(17)9-10/h8-9,11-12H,2-7H2,1H3,(H,18,20). The van der Waals surface area contributed by atoms with Crippen molar-refractivity contribution in [3.63, 3.8) is 0 Å². The summed E-state index contributed by atoms with van der Waals surface area (Å²) in [4.78, 5) is 16.0. The number of carbonyl (C=O) groups excluding carboxylic acids is 1. The minimum Gasteiger partial charge on any atom is -0.382 e. The van der Waals surface area contributed by atoms with E-state index in [0.29, 0.717) is 18.8 Å². The van der Waals surface area contributed by atoms with Gasteiger partial charge in [0.25, 0.3) is 5.91 Å². The van der Waals surface area contributed by atoms with Crippen LogP contribution in [0, 0.1) is 0 Å². The van der Waals surface area contributed by atoms with Crippen molar-refractivity contribution in [1.82, 2.24) is 10.3 Å². The number of pyridine rings is 1. The van der Waals surface area contributed by atoms with Gasteiger partial charge < -0.3 is 14.8 Å². The van der Waals surface area contributed by atoms with E-state index in [0.717, 1.165) is 25.7 Å². The summed E-state index contributed by atoms with van der Waals surface area (Å²) in [5.74, 6) is -0.171. The Kier molecular flexibility index (Phi) is 6.89. The molecule has 1 aliphatic carbocycles. The van der Waals surface area contributed by atoms with E-state index in [-0.39, 0.29) is 28.4 Å². The van der Waals surface area contributed by atoms with Gasteiger partial charge in [0.05, 0.1) is 19.3 Å². The third kappa shape index (κ3) is 5.39. The zero-order valence-corrected chi connectivity index (χ0v) is 14.0. The van der Waals surface area contributed by atoms with E-state index >= 15 is 0 Å². The molecule has 0 aliphatic heterocycles. The van der Waals surface area contributed by atoms with Crippen molar-refractivity contribution in [1.29, 1.82) is 0 Å². The molecule has 0 radical (unpaired) electrons. The third-order valence-corrected chi connectivity index (χ3v) is 4.06. The molecule has 1 saturated carbocycles. The average Bonchev–Trinajstić information content (AvgIpc) is 2.48. The maximum Gasteiger partial charge on any atom is 0.251 e. The number of nitrogens with zero attached hydrogens (tertiary/aromatic N) is 1. The molecule has 2 rings (SSSR count). The van der Waals surface area contributed by atoms with Crippen molar-refractivity contribution < 1.29 is 14.3 Å². The highest BCUT2D eigenvalue weighted by atomic mass is 35.5. The zero-order valence-electron chi connectivity index (χ0n) is 12.5. The lowest BCUT2D eigenvalue weighted by Gasteiger charge is -2.29. The van der Waals surface area contributed by atoms with Crippen LogP contribution in [0.25, 0.3) is 0 Å². The van der Waals surface area contributed by atoms with Crippen LogP contribution in [0.5, 0.6) is 0 Å². The highest BCUT2D eigenvalue weighted by Gasteiger charge is 2.23. The summed E-state index contributed by atoms with van der Waals surface area (Å²) in [5, 5.41) is 3.44. The number of methoxy groups -OCH3 is 1. The van der Waals surface area contributed by atoms with Crippen molar-refractivity contribution in [2.75, 3.05) is 20.3 Å². The van der Waals surface area contributed by atoms with Crippen LogP contribution >= 0.6 is 23.2 Å². The monoisotopic (exact) mass is 346 g/mol. The van der Waals surface area contributed by atoms with E-state index in [4.69, 9.17) is 32.7 Å². The average molecular weight is 347 g/mol. The first-order valence-corrected chi connectivity index (χ1v) is 8.08. The Morgan fingerprint density at radius 3 is 2.45 bits per heavy atom. The SMILES string of the molecule is COCCOC1CCC(NC(=O)c2cc(Cl)nc(Cl)c2)CC1. The van der Waals surface area contributed by atoms with Gasteiger partial charge in [-0.05, 0) is 37.8 Å². The van der Waals surface area contributed by atoms with Crippen molar-refractivity contribution in [3.05, 3.63) is 28.0 Å². The summed E-state index contributed by atoms with van der Waals surface area (Å²) in [6.45, 7) is 1.23. The minimum atomic E-state index is -0.171. The fourth-order valence-corrected chi connectivity index (χ4v) is 3.00. The molecular formula is C15H20Cl2N2O3. The molecule has 1 aliphatic rings. The minimum absolute atomic E-state index is 0.153. The molecule has 1 aromatic rings. The lowest BCUT2D eigenvalue weighted by molar-refractivity contribution is -0.00408. The van der Waals surface area contributed by atoms with Crippen LogP contribution in [0.1, 0.15) is 36.0 Å². The van der Waals surface area contributed by atoms with Crippen molar-refractivity contribution in [3.8, 4) is 0 Å². The van der Waals surface area contributed by atoms with Crippen LogP contribution in [-0.2, 0) is 9.47 Å². The Bertz CT molecular complexity index is 485. The largest absolute Gasteiger partial charge is 0.382 e. The van der Waals surface area contributed by atoms with E-state index < -0.39 is 0 Å². The molecule has 0 atom stereocenters. The van der Waals surface area contributed by atoms with Gasteiger partial charge in [-0.2, -0.15) is 0 Å². The first kappa shape index (κ1) is 17.5. The van der Waals surface area contributed by atoms with Crippen molar-refractivity contribution in [2.24, 2.45) is 0 Å². The van der Waals surface area contributed by atoms with E-state index in [1.165, 1.54) is 12.1 Å². The molecule has 0 spiro atoms. The molecule has 1 fully saturated rings. The van der Waals surface area contributed by atoms with Crippen LogP contribution in [0.4, 0.5) is 0 Å². The Morgan fingerprint density at radius 1 is 1.23 bits per heavy atom. The second kappa shape index (κ2) is 8.67. The predicted octanol–water partition coefficient (Wildman–Crippen LogP) is 3.09. The molecule has 1 heterocycles. The van der Waals surface area contributed by atoms with Gasteiger partial charge in [0.2, 0.25) is 0 Å². The van der Waals surface area contributed by atoms with Gasteiger partial charge in [-0.3, -0.25) is 4.79 Å². The summed E-state index contributed by atoms with van der Waals surface area (Å²) < 4.78 is 10.7. The lowest BCUT2D eigenvalue weighted by Crippen LogP contribution is -2.39. The highest BCUT2D eigenvalue weighted by Crippen LogP contribution is 2.22. The van der Waals surface area contributed by atoms with Gasteiger partial charge in [0, 0.05) is 18.7 Å². The molecule has 0 saturated heterocycles. The van der Waals surface area contributed by atoms with Gasteiger partial charge in [-0.1, -0.05) is 23.2 Å². The molecule has 7 heteroatoms. The van der Waals surface area contributed by atoms with Gasteiger partial charge >= 0.3 is 0 Å². The van der Waals surface area contributed by atoms with Crippen LogP contribution in [0.2, 0.25) is 10.3 Å². The number of rotatable bonds is 6. The van der Waals surface area contributed by atoms with Crippen LogP contribution in [-0.4, -0.2) is 43.4 Å². The predicted molar refractivity (Wildman–Crippen MR) is 85.6 cm³/mol. The van der Waals surface area contributed by atoms with E-state index in [2.05, 4.69) is 10.3 Å². The number of hydrogen-bond acceptors (Lipinski definition) is 4. The Labute approximate surface area is 140 Å². The van der Waals surface area contributed by atoms with E-state index in [1.807, 2.05) is 0 Å². The molecule has 1 aromatic heterocycles. The van der Waals surface area contributed by atoms with Gasteiger partial charge in [-0.15, -0.1) is 0 Å². The number of ether oxygens (including phenoxy) is 2. The summed E-state index contributed by atoms with van der Waals surface area (Å²) >= 11 is 11.6. The number of aromatic nitrogens is 1. The first-order chi connectivity index (χ1) is 10.6. The Balaban J connectivity index is 1.79. The number of halogens is 2. The molecule has 22 heavy (non-hydrogen) atoms. The molecular weight excluding hydrogens is 327 g/mol. The molecule has 1 N–H and O–H groups in total. The second-order valence-electron chi connectivity index (χ2n) is 5.31. The fraction of sp³-hybridized carbons (Fsp3) is 0.600. The first-order valence-electron chi connectivity index (χ1n) is 7.33. The number of amides is 1. The van der Waals surface area contributed by atoms with Crippen LogP contribution < -0.4 is 5.32 Å². The lowest BCUT2D eigenvalue weighted by atomic mass is 9.92. The van der Waals surface area contributed by atoms with E-state index in [9.17, 15) is 4.79 Å². The van der Waals surface area contributed by atoms with Gasteiger partial charge in [-0.25, -0.2) is 4.98 Å². The maximum absolute atomic E-state index is 12.2. The summed E-state index contributed by atoms with van der Waals surface area (Å²) in [6.07, 6.45) is 3.93. The van der Waals surface area contributed by atoms with Gasteiger partial charge in [0.1, 0.15) is 10.3 Å². The quantitative estimate of drug-likeness (QED) is 0.635. The Morgan fingerprint density at radius 2 is 1.86 bits per heavy atom. The van der Waals surface area contributed by atoms with Crippen LogP contribution in [0.3, 0.4) is 0 Å². The smallest absolute Gasteiger partial charge is 0.251 e. The fourth-order valence-electron chi connectivity index (χ4n) is 2.54. The Hall–Kier alpha value is -0.880. The normalized spacial score (nSPS) is 21.6. The van der Waals surface area contributed by atoms with Crippen LogP contribution in [0.15, 0.2) is 12.1 Å². The second-order valence-corrected chi connectivity index (χ2v) is 6.09. The van der Waals surface area contributed by atoms with Crippen molar-refractivity contribution >= 4 is 29.1 Å². The molecule has 0 aromatic carbocycles. The summed E-state index contributed by atoms with van der Waals surface area (Å²) in [6, 6.07) is 3.19. The summed E-state index contributed by atoms with van der Waals surface area (Å²) in [7, 11) is 1.66. The van der Waals surface area contributed by atoms with Gasteiger partial charge in [0.15, 0.2) is 0 Å². The number of nitrogens with one attached hydrogen (secondary N) is 1. The number of carbonyl (C=O) groups is 1. The van der Waals surface area contributed by atoms with Crippen molar-refractivity contribution in [2.45, 2.75) is 37.8 Å².